The van der Waals surface area contributed by atoms with E-state index in [0.29, 0.717) is 5.92 Å². The average molecular weight is 222 g/mol. The van der Waals surface area contributed by atoms with E-state index in [1.54, 1.807) is 11.3 Å². The molecule has 15 heavy (non-hydrogen) atoms. The first-order valence-electron chi connectivity index (χ1n) is 5.53. The summed E-state index contributed by atoms with van der Waals surface area (Å²) >= 11 is 1.76. The molecule has 2 heteroatoms. The molecule has 0 spiro atoms. The lowest BCUT2D eigenvalue weighted by atomic mass is 9.82. The molecular formula is C13H18OS. The van der Waals surface area contributed by atoms with Crippen LogP contribution >= 0.6 is 11.3 Å². The number of allylic oxidation sites excluding steroid dienone is 1. The van der Waals surface area contributed by atoms with Gasteiger partial charge in [0.05, 0.1) is 5.60 Å². The molecule has 0 fully saturated rings. The third kappa shape index (κ3) is 2.70. The van der Waals surface area contributed by atoms with Crippen LogP contribution in [-0.4, -0.2) is 10.7 Å². The van der Waals surface area contributed by atoms with E-state index in [9.17, 15) is 5.11 Å². The number of hydrogen-bond donors (Lipinski definition) is 1. The van der Waals surface area contributed by atoms with Crippen LogP contribution in [0, 0.1) is 12.8 Å². The second-order valence-electron chi connectivity index (χ2n) is 4.72. The topological polar surface area (TPSA) is 20.2 Å². The van der Waals surface area contributed by atoms with Crippen molar-refractivity contribution in [3.8, 4) is 0 Å². The second kappa shape index (κ2) is 4.11. The fraction of sp³-hybridized carbons (Fsp3) is 0.538. The highest BCUT2D eigenvalue weighted by Gasteiger charge is 2.27. The molecule has 1 aromatic heterocycles. The van der Waals surface area contributed by atoms with E-state index in [1.165, 1.54) is 10.4 Å². The zero-order valence-electron chi connectivity index (χ0n) is 9.36. The molecule has 2 unspecified atom stereocenters. The van der Waals surface area contributed by atoms with Crippen molar-refractivity contribution in [1.29, 1.82) is 0 Å². The Morgan fingerprint density at radius 1 is 1.60 bits per heavy atom. The van der Waals surface area contributed by atoms with Gasteiger partial charge in [-0.3, -0.25) is 0 Å². The highest BCUT2D eigenvalue weighted by atomic mass is 32.1. The number of thiophene rings is 1. The van der Waals surface area contributed by atoms with Gasteiger partial charge in [-0.15, -0.1) is 11.3 Å². The van der Waals surface area contributed by atoms with E-state index < -0.39 is 5.60 Å². The van der Waals surface area contributed by atoms with Crippen LogP contribution in [-0.2, 0) is 6.42 Å². The van der Waals surface area contributed by atoms with Crippen molar-refractivity contribution in [2.45, 2.75) is 38.7 Å². The molecule has 0 aromatic carbocycles. The first-order valence-corrected chi connectivity index (χ1v) is 6.41. The lowest BCUT2D eigenvalue weighted by Gasteiger charge is -2.29. The van der Waals surface area contributed by atoms with Crippen LogP contribution in [0.15, 0.2) is 23.6 Å². The lowest BCUT2D eigenvalue weighted by Crippen LogP contribution is -2.31. The molecule has 0 saturated carbocycles. The smallest absolute Gasteiger partial charge is 0.0868 e. The van der Waals surface area contributed by atoms with E-state index in [1.807, 2.05) is 6.08 Å². The molecule has 2 rings (SSSR count). The van der Waals surface area contributed by atoms with Crippen molar-refractivity contribution >= 4 is 11.3 Å². The summed E-state index contributed by atoms with van der Waals surface area (Å²) in [5, 5.41) is 12.5. The Balaban J connectivity index is 2.08. The predicted molar refractivity (Wildman–Crippen MR) is 65.2 cm³/mol. The molecule has 1 aliphatic carbocycles. The summed E-state index contributed by atoms with van der Waals surface area (Å²) in [6.45, 7) is 4.31. The van der Waals surface area contributed by atoms with Gasteiger partial charge >= 0.3 is 0 Å². The van der Waals surface area contributed by atoms with Crippen molar-refractivity contribution in [1.82, 2.24) is 0 Å². The number of rotatable bonds is 2. The first kappa shape index (κ1) is 10.9. The monoisotopic (exact) mass is 222 g/mol. The summed E-state index contributed by atoms with van der Waals surface area (Å²) < 4.78 is 0. The maximum Gasteiger partial charge on any atom is 0.0868 e. The first-order chi connectivity index (χ1) is 7.07. The maximum atomic E-state index is 10.4. The van der Waals surface area contributed by atoms with Crippen molar-refractivity contribution in [2.75, 3.05) is 0 Å². The standard InChI is InChI=1S/C13H18OS/c1-10-3-5-13(14,6-4-10)8-12-7-11(2)15-9-12/h3,5,7,9-10,14H,4,6,8H2,1-2H3. The third-order valence-corrected chi connectivity index (χ3v) is 3.97. The molecular weight excluding hydrogens is 204 g/mol. The Morgan fingerprint density at radius 3 is 2.93 bits per heavy atom. The third-order valence-electron chi connectivity index (χ3n) is 3.06. The molecule has 0 saturated heterocycles. The quantitative estimate of drug-likeness (QED) is 0.761. The summed E-state index contributed by atoms with van der Waals surface area (Å²) in [5.41, 5.74) is 0.666. The molecule has 0 amide bonds. The van der Waals surface area contributed by atoms with Gasteiger partial charge in [-0.05, 0) is 42.7 Å². The van der Waals surface area contributed by atoms with E-state index in [-0.39, 0.29) is 0 Å². The SMILES string of the molecule is Cc1cc(CC2(O)C=CC(C)CC2)cs1. The van der Waals surface area contributed by atoms with Gasteiger partial charge in [0, 0.05) is 11.3 Å². The van der Waals surface area contributed by atoms with Crippen molar-refractivity contribution in [3.05, 3.63) is 34.0 Å². The Labute approximate surface area is 95.5 Å². The van der Waals surface area contributed by atoms with Crippen LogP contribution < -0.4 is 0 Å². The fourth-order valence-electron chi connectivity index (χ4n) is 2.09. The van der Waals surface area contributed by atoms with E-state index in [2.05, 4.69) is 31.4 Å². The molecule has 0 aliphatic heterocycles. The second-order valence-corrected chi connectivity index (χ2v) is 5.84. The molecule has 1 N–H and O–H groups in total. The Morgan fingerprint density at radius 2 is 2.40 bits per heavy atom. The maximum absolute atomic E-state index is 10.4. The molecule has 2 atom stereocenters. The molecule has 0 radical (unpaired) electrons. The van der Waals surface area contributed by atoms with E-state index in [0.717, 1.165) is 19.3 Å². The molecule has 1 nitrogen and oxygen atoms in total. The highest BCUT2D eigenvalue weighted by molar-refractivity contribution is 7.10. The van der Waals surface area contributed by atoms with Crippen LogP contribution in [0.1, 0.15) is 30.2 Å². The minimum absolute atomic E-state index is 0.597. The number of aryl methyl sites for hydroxylation is 1. The van der Waals surface area contributed by atoms with E-state index in [4.69, 9.17) is 0 Å². The van der Waals surface area contributed by atoms with Crippen LogP contribution in [0.2, 0.25) is 0 Å². The molecule has 1 aliphatic rings. The highest BCUT2D eigenvalue weighted by Crippen LogP contribution is 2.29. The van der Waals surface area contributed by atoms with Gasteiger partial charge in [0.1, 0.15) is 0 Å². The molecule has 1 aromatic rings. The fourth-order valence-corrected chi connectivity index (χ4v) is 2.80. The van der Waals surface area contributed by atoms with Crippen LogP contribution in [0.4, 0.5) is 0 Å². The summed E-state index contributed by atoms with van der Waals surface area (Å²) in [7, 11) is 0. The van der Waals surface area contributed by atoms with Crippen LogP contribution in [0.25, 0.3) is 0 Å². The Kier molecular flexibility index (Phi) is 2.98. The van der Waals surface area contributed by atoms with Gasteiger partial charge in [0.2, 0.25) is 0 Å². The zero-order chi connectivity index (χ0) is 10.9. The van der Waals surface area contributed by atoms with Gasteiger partial charge in [-0.2, -0.15) is 0 Å². The summed E-state index contributed by atoms with van der Waals surface area (Å²) in [6, 6.07) is 2.18. The van der Waals surface area contributed by atoms with Crippen molar-refractivity contribution in [3.63, 3.8) is 0 Å². The number of aliphatic hydroxyl groups is 1. The lowest BCUT2D eigenvalue weighted by molar-refractivity contribution is 0.0701. The van der Waals surface area contributed by atoms with Gasteiger partial charge in [-0.1, -0.05) is 19.1 Å². The Bertz CT molecular complexity index is 366. The summed E-state index contributed by atoms with van der Waals surface area (Å²) in [6.07, 6.45) is 6.88. The van der Waals surface area contributed by atoms with Gasteiger partial charge < -0.3 is 5.11 Å². The normalized spacial score (nSPS) is 30.7. The van der Waals surface area contributed by atoms with Crippen molar-refractivity contribution < 1.29 is 5.11 Å². The minimum atomic E-state index is -0.597. The van der Waals surface area contributed by atoms with Gasteiger partial charge in [0.25, 0.3) is 0 Å². The molecule has 1 heterocycles. The zero-order valence-corrected chi connectivity index (χ0v) is 10.2. The minimum Gasteiger partial charge on any atom is -0.385 e. The van der Waals surface area contributed by atoms with Gasteiger partial charge in [0.15, 0.2) is 0 Å². The van der Waals surface area contributed by atoms with Gasteiger partial charge in [-0.25, -0.2) is 0 Å². The molecule has 0 bridgehead atoms. The van der Waals surface area contributed by atoms with Crippen LogP contribution in [0.5, 0.6) is 0 Å². The van der Waals surface area contributed by atoms with Crippen LogP contribution in [0.3, 0.4) is 0 Å². The number of hydrogen-bond acceptors (Lipinski definition) is 2. The summed E-state index contributed by atoms with van der Waals surface area (Å²) in [4.78, 5) is 1.32. The largest absolute Gasteiger partial charge is 0.385 e. The predicted octanol–water partition coefficient (Wildman–Crippen LogP) is 3.32. The van der Waals surface area contributed by atoms with E-state index >= 15 is 0 Å². The van der Waals surface area contributed by atoms with Crippen molar-refractivity contribution in [2.24, 2.45) is 5.92 Å². The Hall–Kier alpha value is -0.600. The summed E-state index contributed by atoms with van der Waals surface area (Å²) in [5.74, 6) is 0.620. The molecule has 82 valence electrons. The average Bonchev–Trinajstić information content (AvgIpc) is 2.57.